The first kappa shape index (κ1) is 10.5. The summed E-state index contributed by atoms with van der Waals surface area (Å²) in [6.45, 7) is 4.24. The maximum Gasteiger partial charge on any atom is 0.122 e. The maximum atomic E-state index is 5.92. The molecule has 1 aliphatic heterocycles. The molecular weight excluding hydrogens is 186 g/mol. The molecule has 0 fully saturated rings. The second kappa shape index (κ2) is 5.17. The highest BCUT2D eigenvalue weighted by atomic mass is 16.5. The van der Waals surface area contributed by atoms with Crippen LogP contribution in [0.3, 0.4) is 0 Å². The van der Waals surface area contributed by atoms with Gasteiger partial charge >= 0.3 is 0 Å². The van der Waals surface area contributed by atoms with E-state index >= 15 is 0 Å². The first-order valence-electron chi connectivity index (χ1n) is 5.85. The summed E-state index contributed by atoms with van der Waals surface area (Å²) in [6, 6.07) is 8.35. The van der Waals surface area contributed by atoms with Gasteiger partial charge in [0.25, 0.3) is 0 Å². The molecule has 0 bridgehead atoms. The Morgan fingerprint density at radius 1 is 1.40 bits per heavy atom. The van der Waals surface area contributed by atoms with Gasteiger partial charge in [0.05, 0.1) is 0 Å². The monoisotopic (exact) mass is 205 g/mol. The van der Waals surface area contributed by atoms with Gasteiger partial charge in [0, 0.05) is 6.54 Å². The third-order valence-electron chi connectivity index (χ3n) is 2.80. The Bertz CT molecular complexity index is 311. The third-order valence-corrected chi connectivity index (χ3v) is 2.80. The quantitative estimate of drug-likeness (QED) is 0.762. The number of rotatable bonds is 4. The van der Waals surface area contributed by atoms with E-state index in [4.69, 9.17) is 4.74 Å². The normalized spacial score (nSPS) is 19.4. The molecule has 1 atom stereocenters. The molecule has 1 unspecified atom stereocenters. The summed E-state index contributed by atoms with van der Waals surface area (Å²) in [6.07, 6.45) is 3.82. The fourth-order valence-corrected chi connectivity index (χ4v) is 1.96. The molecule has 1 aromatic rings. The molecule has 0 spiro atoms. The van der Waals surface area contributed by atoms with Gasteiger partial charge in [-0.15, -0.1) is 0 Å². The van der Waals surface area contributed by atoms with Crippen molar-refractivity contribution in [3.63, 3.8) is 0 Å². The Kier molecular flexibility index (Phi) is 3.62. The number of fused-ring (bicyclic) bond motifs is 1. The number of nitrogens with one attached hydrogen (secondary N) is 1. The summed E-state index contributed by atoms with van der Waals surface area (Å²) < 4.78 is 5.92. The lowest BCUT2D eigenvalue weighted by molar-refractivity contribution is 0.171. The van der Waals surface area contributed by atoms with Crippen LogP contribution < -0.4 is 10.1 Å². The van der Waals surface area contributed by atoms with Gasteiger partial charge in [-0.25, -0.2) is 0 Å². The predicted octanol–water partition coefficient (Wildman–Crippen LogP) is 2.38. The van der Waals surface area contributed by atoms with Crippen molar-refractivity contribution in [2.75, 3.05) is 13.1 Å². The second-order valence-electron chi connectivity index (χ2n) is 4.09. The fourth-order valence-electron chi connectivity index (χ4n) is 1.96. The minimum Gasteiger partial charge on any atom is -0.489 e. The van der Waals surface area contributed by atoms with Crippen LogP contribution in [0.1, 0.15) is 25.3 Å². The van der Waals surface area contributed by atoms with Gasteiger partial charge in [0.1, 0.15) is 11.9 Å². The van der Waals surface area contributed by atoms with Gasteiger partial charge in [-0.3, -0.25) is 0 Å². The molecule has 15 heavy (non-hydrogen) atoms. The number of hydrogen-bond acceptors (Lipinski definition) is 2. The van der Waals surface area contributed by atoms with E-state index in [1.165, 1.54) is 12.0 Å². The Hall–Kier alpha value is -1.02. The first-order valence-corrected chi connectivity index (χ1v) is 5.85. The van der Waals surface area contributed by atoms with Gasteiger partial charge in [0.2, 0.25) is 0 Å². The molecule has 1 N–H and O–H groups in total. The summed E-state index contributed by atoms with van der Waals surface area (Å²) in [7, 11) is 0. The van der Waals surface area contributed by atoms with Crippen molar-refractivity contribution in [2.45, 2.75) is 32.3 Å². The fraction of sp³-hybridized carbons (Fsp3) is 0.538. The third kappa shape index (κ3) is 2.72. The smallest absolute Gasteiger partial charge is 0.122 e. The highest BCUT2D eigenvalue weighted by molar-refractivity contribution is 5.35. The summed E-state index contributed by atoms with van der Waals surface area (Å²) in [5.41, 5.74) is 1.35. The summed E-state index contributed by atoms with van der Waals surface area (Å²) in [5, 5.41) is 3.41. The van der Waals surface area contributed by atoms with Crippen molar-refractivity contribution in [1.82, 2.24) is 5.32 Å². The van der Waals surface area contributed by atoms with Crippen LogP contribution in [0.15, 0.2) is 24.3 Å². The minimum absolute atomic E-state index is 0.353. The first-order chi connectivity index (χ1) is 7.40. The van der Waals surface area contributed by atoms with Crippen molar-refractivity contribution in [3.05, 3.63) is 29.8 Å². The molecule has 1 aromatic carbocycles. The number of aryl methyl sites for hydroxylation is 1. The van der Waals surface area contributed by atoms with Gasteiger partial charge in [0.15, 0.2) is 0 Å². The molecule has 2 heteroatoms. The number of hydrogen-bond donors (Lipinski definition) is 1. The Labute approximate surface area is 91.6 Å². The Morgan fingerprint density at radius 2 is 2.27 bits per heavy atom. The molecule has 0 aliphatic carbocycles. The van der Waals surface area contributed by atoms with Crippen LogP contribution in [0.25, 0.3) is 0 Å². The largest absolute Gasteiger partial charge is 0.489 e. The van der Waals surface area contributed by atoms with Crippen molar-refractivity contribution in [3.8, 4) is 5.75 Å². The lowest BCUT2D eigenvalue weighted by atomic mass is 10.0. The van der Waals surface area contributed by atoms with Gasteiger partial charge in [-0.05, 0) is 37.4 Å². The van der Waals surface area contributed by atoms with Crippen LogP contribution >= 0.6 is 0 Å². The highest BCUT2D eigenvalue weighted by Crippen LogP contribution is 2.26. The summed E-state index contributed by atoms with van der Waals surface area (Å²) in [4.78, 5) is 0. The number of ether oxygens (including phenoxy) is 1. The summed E-state index contributed by atoms with van der Waals surface area (Å²) >= 11 is 0. The number of benzene rings is 1. The molecule has 0 amide bonds. The van der Waals surface area contributed by atoms with Gasteiger partial charge in [-0.2, -0.15) is 0 Å². The molecule has 2 rings (SSSR count). The average molecular weight is 205 g/mol. The molecule has 0 aromatic heterocycles. The standard InChI is InChI=1S/C13H19NO/c1-2-9-14-10-12-8-7-11-5-3-4-6-13(11)15-12/h3-6,12,14H,2,7-10H2,1H3. The van der Waals surface area contributed by atoms with E-state index in [1.54, 1.807) is 0 Å². The highest BCUT2D eigenvalue weighted by Gasteiger charge is 2.18. The van der Waals surface area contributed by atoms with E-state index in [-0.39, 0.29) is 0 Å². The molecule has 0 saturated carbocycles. The minimum atomic E-state index is 0.353. The van der Waals surface area contributed by atoms with E-state index in [0.717, 1.165) is 31.7 Å². The van der Waals surface area contributed by atoms with Crippen LogP contribution in [0.4, 0.5) is 0 Å². The molecule has 1 aliphatic rings. The topological polar surface area (TPSA) is 21.3 Å². The van der Waals surface area contributed by atoms with E-state index in [0.29, 0.717) is 6.10 Å². The van der Waals surface area contributed by atoms with Crippen LogP contribution in [0.2, 0.25) is 0 Å². The maximum absolute atomic E-state index is 5.92. The molecular formula is C13H19NO. The van der Waals surface area contributed by atoms with Crippen LogP contribution in [0.5, 0.6) is 5.75 Å². The van der Waals surface area contributed by atoms with Crippen LogP contribution in [-0.2, 0) is 6.42 Å². The SMILES string of the molecule is CCCNCC1CCc2ccccc2O1. The Balaban J connectivity index is 1.88. The van der Waals surface area contributed by atoms with Crippen molar-refractivity contribution in [1.29, 1.82) is 0 Å². The zero-order valence-corrected chi connectivity index (χ0v) is 9.33. The van der Waals surface area contributed by atoms with Crippen LogP contribution in [-0.4, -0.2) is 19.2 Å². The van der Waals surface area contributed by atoms with E-state index in [2.05, 4.69) is 30.4 Å². The summed E-state index contributed by atoms with van der Waals surface area (Å²) in [5.74, 6) is 1.08. The van der Waals surface area contributed by atoms with Crippen LogP contribution in [0, 0.1) is 0 Å². The molecule has 2 nitrogen and oxygen atoms in total. The van der Waals surface area contributed by atoms with E-state index in [1.807, 2.05) is 6.07 Å². The Morgan fingerprint density at radius 3 is 3.13 bits per heavy atom. The molecule has 82 valence electrons. The lowest BCUT2D eigenvalue weighted by Gasteiger charge is -2.26. The van der Waals surface area contributed by atoms with Gasteiger partial charge in [-0.1, -0.05) is 25.1 Å². The van der Waals surface area contributed by atoms with Crippen molar-refractivity contribution in [2.24, 2.45) is 0 Å². The second-order valence-corrected chi connectivity index (χ2v) is 4.09. The zero-order chi connectivity index (χ0) is 10.5. The number of para-hydroxylation sites is 1. The predicted molar refractivity (Wildman–Crippen MR) is 62.3 cm³/mol. The lowest BCUT2D eigenvalue weighted by Crippen LogP contribution is -2.34. The molecule has 1 heterocycles. The van der Waals surface area contributed by atoms with Gasteiger partial charge < -0.3 is 10.1 Å². The van der Waals surface area contributed by atoms with E-state index in [9.17, 15) is 0 Å². The molecule has 0 radical (unpaired) electrons. The average Bonchev–Trinajstić information content (AvgIpc) is 2.29. The van der Waals surface area contributed by atoms with Crippen molar-refractivity contribution >= 4 is 0 Å². The van der Waals surface area contributed by atoms with Crippen molar-refractivity contribution < 1.29 is 4.74 Å². The zero-order valence-electron chi connectivity index (χ0n) is 9.33. The molecule has 0 saturated heterocycles. The van der Waals surface area contributed by atoms with E-state index < -0.39 is 0 Å².